The van der Waals surface area contributed by atoms with E-state index in [0.717, 1.165) is 41.8 Å². The second kappa shape index (κ2) is 12.3. The number of anilines is 2. The average molecular weight is 473 g/mol. The third-order valence-corrected chi connectivity index (χ3v) is 5.74. The molecule has 0 amide bonds. The topological polar surface area (TPSA) is 110 Å². The highest BCUT2D eigenvalue weighted by molar-refractivity contribution is 7.82. The standard InChI is InChI=1S/C23H32N6O3S/c1-5-6-8-17(15-26-33(4)30)27-22-21-19(9-7-12-24-21)28-23(29-22)25-14-16-10-11-18(31-2)13-20(16)32-3/h7,9-13,17,26H,5-6,8,14-15H2,1-4H3,(H2,25,27,28,29)/t17-,33?/m1/s1. The van der Waals surface area contributed by atoms with Crippen LogP contribution in [-0.4, -0.2) is 52.2 Å². The quantitative estimate of drug-likeness (QED) is 0.347. The number of pyridine rings is 1. The molecular formula is C23H32N6O3S. The summed E-state index contributed by atoms with van der Waals surface area (Å²) in [7, 11) is 2.17. The van der Waals surface area contributed by atoms with Crippen LogP contribution in [0.5, 0.6) is 11.5 Å². The van der Waals surface area contributed by atoms with Crippen LogP contribution in [0, 0.1) is 0 Å². The molecule has 2 aromatic heterocycles. The van der Waals surface area contributed by atoms with Crippen LogP contribution in [0.3, 0.4) is 0 Å². The van der Waals surface area contributed by atoms with Gasteiger partial charge in [-0.25, -0.2) is 13.9 Å². The Balaban J connectivity index is 1.84. The van der Waals surface area contributed by atoms with Crippen molar-refractivity contribution in [3.8, 4) is 11.5 Å². The molecule has 1 aromatic carbocycles. The maximum absolute atomic E-state index is 11.6. The molecule has 0 spiro atoms. The molecule has 33 heavy (non-hydrogen) atoms. The number of hydrogen-bond acceptors (Lipinski definition) is 8. The summed E-state index contributed by atoms with van der Waals surface area (Å²) in [6, 6.07) is 9.51. The first-order valence-corrected chi connectivity index (χ1v) is 12.5. The van der Waals surface area contributed by atoms with Crippen LogP contribution in [0.15, 0.2) is 36.5 Å². The minimum Gasteiger partial charge on any atom is -0.497 e. The van der Waals surface area contributed by atoms with Gasteiger partial charge in [0.05, 0.1) is 30.7 Å². The molecule has 3 aromatic rings. The van der Waals surface area contributed by atoms with E-state index >= 15 is 0 Å². The largest absolute Gasteiger partial charge is 0.497 e. The smallest absolute Gasteiger partial charge is 0.225 e. The van der Waals surface area contributed by atoms with Crippen molar-refractivity contribution in [2.75, 3.05) is 37.7 Å². The van der Waals surface area contributed by atoms with Gasteiger partial charge in [0.2, 0.25) is 5.95 Å². The fourth-order valence-corrected chi connectivity index (χ4v) is 3.84. The number of rotatable bonds is 13. The Hall–Kier alpha value is -2.98. The first kappa shape index (κ1) is 24.7. The van der Waals surface area contributed by atoms with Crippen LogP contribution >= 0.6 is 0 Å². The molecule has 10 heteroatoms. The van der Waals surface area contributed by atoms with Crippen molar-refractivity contribution >= 4 is 33.8 Å². The summed E-state index contributed by atoms with van der Waals surface area (Å²) < 4.78 is 25.3. The predicted molar refractivity (Wildman–Crippen MR) is 133 cm³/mol. The molecule has 3 rings (SSSR count). The van der Waals surface area contributed by atoms with Gasteiger partial charge in [0.15, 0.2) is 5.82 Å². The van der Waals surface area contributed by atoms with E-state index in [0.29, 0.717) is 30.4 Å². The Morgan fingerprint density at radius 2 is 2.00 bits per heavy atom. The molecule has 2 heterocycles. The van der Waals surface area contributed by atoms with E-state index in [4.69, 9.17) is 14.5 Å². The van der Waals surface area contributed by atoms with Gasteiger partial charge in [0.25, 0.3) is 0 Å². The fourth-order valence-electron chi connectivity index (χ4n) is 3.41. The van der Waals surface area contributed by atoms with Gasteiger partial charge in [0, 0.05) is 43.2 Å². The molecular weight excluding hydrogens is 440 g/mol. The van der Waals surface area contributed by atoms with Crippen molar-refractivity contribution in [3.05, 3.63) is 42.1 Å². The van der Waals surface area contributed by atoms with Gasteiger partial charge in [-0.1, -0.05) is 19.8 Å². The van der Waals surface area contributed by atoms with E-state index in [1.165, 1.54) is 0 Å². The van der Waals surface area contributed by atoms with Gasteiger partial charge in [-0.05, 0) is 30.7 Å². The summed E-state index contributed by atoms with van der Waals surface area (Å²) in [6.45, 7) is 3.20. The van der Waals surface area contributed by atoms with Crippen molar-refractivity contribution in [2.24, 2.45) is 0 Å². The van der Waals surface area contributed by atoms with E-state index in [-0.39, 0.29) is 6.04 Å². The van der Waals surface area contributed by atoms with Crippen molar-refractivity contribution in [1.82, 2.24) is 19.7 Å². The zero-order valence-electron chi connectivity index (χ0n) is 19.6. The number of aromatic nitrogens is 3. The number of nitrogens with one attached hydrogen (secondary N) is 3. The van der Waals surface area contributed by atoms with Gasteiger partial charge < -0.3 is 20.1 Å². The van der Waals surface area contributed by atoms with E-state index < -0.39 is 11.0 Å². The fraction of sp³-hybridized carbons (Fsp3) is 0.435. The molecule has 2 atom stereocenters. The monoisotopic (exact) mass is 472 g/mol. The Morgan fingerprint density at radius 1 is 1.15 bits per heavy atom. The van der Waals surface area contributed by atoms with E-state index in [2.05, 4.69) is 32.2 Å². The number of unbranched alkanes of at least 4 members (excludes halogenated alkanes) is 1. The average Bonchev–Trinajstić information content (AvgIpc) is 2.84. The molecule has 0 radical (unpaired) electrons. The molecule has 0 aliphatic heterocycles. The summed E-state index contributed by atoms with van der Waals surface area (Å²) in [5.41, 5.74) is 2.39. The molecule has 178 valence electrons. The van der Waals surface area contributed by atoms with Crippen LogP contribution in [-0.2, 0) is 17.5 Å². The number of hydrogen-bond donors (Lipinski definition) is 3. The molecule has 0 bridgehead atoms. The van der Waals surface area contributed by atoms with Gasteiger partial charge >= 0.3 is 0 Å². The highest BCUT2D eigenvalue weighted by Crippen LogP contribution is 2.26. The molecule has 0 saturated heterocycles. The zero-order chi connectivity index (χ0) is 23.6. The normalized spacial score (nSPS) is 12.8. The molecule has 3 N–H and O–H groups in total. The SMILES string of the molecule is CCCC[C@H](CNS(C)=O)Nc1nc(NCc2ccc(OC)cc2OC)nc2cccnc12. The van der Waals surface area contributed by atoms with Gasteiger partial charge in [-0.3, -0.25) is 4.98 Å². The van der Waals surface area contributed by atoms with Crippen molar-refractivity contribution in [1.29, 1.82) is 0 Å². The van der Waals surface area contributed by atoms with Gasteiger partial charge in [-0.2, -0.15) is 4.98 Å². The molecule has 9 nitrogen and oxygen atoms in total. The second-order valence-electron chi connectivity index (χ2n) is 7.58. The summed E-state index contributed by atoms with van der Waals surface area (Å²) >= 11 is 0. The minimum atomic E-state index is -1.08. The van der Waals surface area contributed by atoms with Crippen LogP contribution in [0.4, 0.5) is 11.8 Å². The van der Waals surface area contributed by atoms with Crippen molar-refractivity contribution in [3.63, 3.8) is 0 Å². The lowest BCUT2D eigenvalue weighted by Crippen LogP contribution is -2.34. The first-order valence-electron chi connectivity index (χ1n) is 10.9. The molecule has 0 aliphatic rings. The molecule has 0 aliphatic carbocycles. The number of methoxy groups -OCH3 is 2. The van der Waals surface area contributed by atoms with Crippen LogP contribution in [0.25, 0.3) is 11.0 Å². The van der Waals surface area contributed by atoms with E-state index in [1.807, 2.05) is 30.3 Å². The van der Waals surface area contributed by atoms with E-state index in [9.17, 15) is 4.21 Å². The number of fused-ring (bicyclic) bond motifs is 1. The predicted octanol–water partition coefficient (Wildman–Crippen LogP) is 3.51. The summed E-state index contributed by atoms with van der Waals surface area (Å²) in [4.78, 5) is 13.8. The molecule has 0 fully saturated rings. The number of ether oxygens (including phenoxy) is 2. The number of benzene rings is 1. The van der Waals surface area contributed by atoms with Crippen molar-refractivity contribution < 1.29 is 13.7 Å². The summed E-state index contributed by atoms with van der Waals surface area (Å²) in [6.07, 6.45) is 6.41. The first-order chi connectivity index (χ1) is 16.0. The Bertz CT molecular complexity index is 1080. The molecule has 0 saturated carbocycles. The maximum atomic E-state index is 11.6. The Morgan fingerprint density at radius 3 is 2.73 bits per heavy atom. The van der Waals surface area contributed by atoms with Crippen LogP contribution < -0.4 is 24.8 Å². The third-order valence-electron chi connectivity index (χ3n) is 5.17. The number of nitrogens with zero attached hydrogens (tertiary/aromatic N) is 3. The minimum absolute atomic E-state index is 0.0588. The lowest BCUT2D eigenvalue weighted by molar-refractivity contribution is 0.391. The lowest BCUT2D eigenvalue weighted by atomic mass is 10.1. The summed E-state index contributed by atoms with van der Waals surface area (Å²) in [5.74, 6) is 2.59. The van der Waals surface area contributed by atoms with Crippen LogP contribution in [0.2, 0.25) is 0 Å². The summed E-state index contributed by atoms with van der Waals surface area (Å²) in [5, 5.41) is 6.79. The maximum Gasteiger partial charge on any atom is 0.225 e. The van der Waals surface area contributed by atoms with Crippen molar-refractivity contribution in [2.45, 2.75) is 38.8 Å². The van der Waals surface area contributed by atoms with Crippen LogP contribution in [0.1, 0.15) is 31.7 Å². The highest BCUT2D eigenvalue weighted by Gasteiger charge is 2.15. The van der Waals surface area contributed by atoms with E-state index in [1.54, 1.807) is 26.7 Å². The lowest BCUT2D eigenvalue weighted by Gasteiger charge is -2.20. The van der Waals surface area contributed by atoms with Gasteiger partial charge in [-0.15, -0.1) is 0 Å². The third kappa shape index (κ3) is 7.00. The molecule has 1 unspecified atom stereocenters. The zero-order valence-corrected chi connectivity index (χ0v) is 20.4. The van der Waals surface area contributed by atoms with Gasteiger partial charge in [0.1, 0.15) is 17.0 Å². The second-order valence-corrected chi connectivity index (χ2v) is 8.78. The highest BCUT2D eigenvalue weighted by atomic mass is 32.2. The Kier molecular flexibility index (Phi) is 9.20. The Labute approximate surface area is 197 Å².